The Hall–Kier alpha value is -1.47. The fraction of sp³-hybridized carbons (Fsp3) is 0.872. The molecule has 56 heavy (non-hydrogen) atoms. The maximum absolute atomic E-state index is 12.6. The van der Waals surface area contributed by atoms with E-state index in [1.807, 2.05) is 0 Å². The molecule has 330 valence electrons. The molecule has 0 bridgehead atoms. The highest BCUT2D eigenvalue weighted by atomic mass is 31.2. The normalized spacial score (nSPS) is 13.4. The molecule has 0 aromatic rings. The van der Waals surface area contributed by atoms with E-state index in [1.54, 1.807) is 6.92 Å². The molecule has 0 aromatic carbocycles. The van der Waals surface area contributed by atoms with Gasteiger partial charge in [0.2, 0.25) is 0 Å². The summed E-state index contributed by atoms with van der Waals surface area (Å²) in [6.45, 7) is 5.47. The maximum Gasteiger partial charge on any atom is 0.472 e. The lowest BCUT2D eigenvalue weighted by Gasteiger charge is -2.19. The van der Waals surface area contributed by atoms with Gasteiger partial charge < -0.3 is 14.4 Å². The van der Waals surface area contributed by atoms with Crippen LogP contribution in [0.25, 0.3) is 0 Å². The number of ether oxygens (including phenoxy) is 2. The van der Waals surface area contributed by atoms with Crippen molar-refractivity contribution >= 4 is 19.8 Å². The molecular weight excluding hydrogens is 723 g/mol. The van der Waals surface area contributed by atoms with E-state index in [-0.39, 0.29) is 25.6 Å². The fourth-order valence-electron chi connectivity index (χ4n) is 6.78. The molecule has 9 heteroatoms. The third kappa shape index (κ3) is 42.1. The third-order valence-corrected chi connectivity index (χ3v) is 11.3. The molecule has 0 spiro atoms. The van der Waals surface area contributed by atoms with Crippen LogP contribution in [-0.2, 0) is 32.7 Å². The van der Waals surface area contributed by atoms with Crippen LogP contribution in [0, 0.1) is 0 Å². The molecule has 0 fully saturated rings. The number of phosphoric acid groups is 1. The zero-order chi connectivity index (χ0) is 41.1. The van der Waals surface area contributed by atoms with Crippen molar-refractivity contribution in [2.24, 2.45) is 0 Å². The van der Waals surface area contributed by atoms with Gasteiger partial charge in [-0.05, 0) is 51.9 Å². The number of phosphoric ester groups is 1. The van der Waals surface area contributed by atoms with Gasteiger partial charge in [0.1, 0.15) is 6.61 Å². The summed E-state index contributed by atoms with van der Waals surface area (Å²) in [7, 11) is -4.28. The third-order valence-electron chi connectivity index (χ3n) is 10.3. The van der Waals surface area contributed by atoms with Crippen molar-refractivity contribution in [3.05, 3.63) is 24.3 Å². The number of hydrogen-bond donors (Lipinski definition) is 1. The van der Waals surface area contributed by atoms with Crippen LogP contribution in [0.3, 0.4) is 0 Å². The largest absolute Gasteiger partial charge is 0.472 e. The van der Waals surface area contributed by atoms with E-state index in [4.69, 9.17) is 18.5 Å². The Labute approximate surface area is 345 Å². The summed E-state index contributed by atoms with van der Waals surface area (Å²) in [4.78, 5) is 34.8. The molecule has 0 aromatic heterocycles. The van der Waals surface area contributed by atoms with Crippen LogP contribution in [0.2, 0.25) is 0 Å². The molecule has 2 atom stereocenters. The molecule has 2 unspecified atom stereocenters. The van der Waals surface area contributed by atoms with Crippen molar-refractivity contribution in [2.45, 2.75) is 245 Å². The Kier molecular flexibility index (Phi) is 42.0. The summed E-state index contributed by atoms with van der Waals surface area (Å²) in [5, 5.41) is 0. The number of rotatable bonds is 44. The van der Waals surface area contributed by atoms with Gasteiger partial charge in [-0.1, -0.05) is 199 Å². The minimum Gasteiger partial charge on any atom is -0.462 e. The number of unbranched alkanes of at least 4 members (excludes halogenated alkanes) is 28. The molecule has 0 radical (unpaired) electrons. The highest BCUT2D eigenvalue weighted by Gasteiger charge is 2.25. The maximum atomic E-state index is 12.6. The second-order valence-corrected chi connectivity index (χ2v) is 17.2. The summed E-state index contributed by atoms with van der Waals surface area (Å²) in [6.07, 6.45) is 48.1. The molecule has 0 rings (SSSR count). The van der Waals surface area contributed by atoms with Crippen LogP contribution in [0.4, 0.5) is 0 Å². The molecule has 0 saturated carbocycles. The van der Waals surface area contributed by atoms with E-state index in [0.29, 0.717) is 12.8 Å². The number of allylic oxidation sites excluding steroid dienone is 4. The lowest BCUT2D eigenvalue weighted by molar-refractivity contribution is -0.161. The highest BCUT2D eigenvalue weighted by molar-refractivity contribution is 7.47. The van der Waals surface area contributed by atoms with Crippen LogP contribution in [0.1, 0.15) is 239 Å². The van der Waals surface area contributed by atoms with Crippen molar-refractivity contribution in [1.82, 2.24) is 0 Å². The standard InChI is InChI=1S/C47H89O8P/c1-4-7-9-11-13-15-17-19-21-22-23-24-25-26-28-29-31-33-35-37-39-41-46(48)52-43-45(44-54-56(50,51)53-6-3)55-47(49)42-40-38-36-34-32-30-27-20-18-16-14-12-10-8-5-2/h14,16,20,27,45H,4-13,15,17-19,21-26,28-44H2,1-3H3,(H,50,51)/b16-14-,27-20-. The minimum absolute atomic E-state index is 0.000446. The minimum atomic E-state index is -4.28. The summed E-state index contributed by atoms with van der Waals surface area (Å²) in [6, 6.07) is 0. The van der Waals surface area contributed by atoms with E-state index in [2.05, 4.69) is 38.2 Å². The average molecular weight is 813 g/mol. The number of hydrogen-bond acceptors (Lipinski definition) is 7. The van der Waals surface area contributed by atoms with Crippen molar-refractivity contribution in [3.63, 3.8) is 0 Å². The highest BCUT2D eigenvalue weighted by Crippen LogP contribution is 2.43. The first-order valence-corrected chi connectivity index (χ1v) is 25.1. The Balaban J connectivity index is 3.98. The predicted octanol–water partition coefficient (Wildman–Crippen LogP) is 15.0. The molecule has 0 aliphatic rings. The van der Waals surface area contributed by atoms with Gasteiger partial charge in [-0.3, -0.25) is 18.6 Å². The lowest BCUT2D eigenvalue weighted by Crippen LogP contribution is -2.29. The summed E-state index contributed by atoms with van der Waals surface area (Å²) in [5.74, 6) is -0.802. The summed E-state index contributed by atoms with van der Waals surface area (Å²) in [5.41, 5.74) is 0. The van der Waals surface area contributed by atoms with Crippen LogP contribution in [0.15, 0.2) is 24.3 Å². The molecule has 0 heterocycles. The van der Waals surface area contributed by atoms with Crippen LogP contribution < -0.4 is 0 Å². The van der Waals surface area contributed by atoms with Gasteiger partial charge in [-0.2, -0.15) is 0 Å². The summed E-state index contributed by atoms with van der Waals surface area (Å²) >= 11 is 0. The second kappa shape index (κ2) is 43.1. The Morgan fingerprint density at radius 3 is 1.30 bits per heavy atom. The van der Waals surface area contributed by atoms with Crippen LogP contribution in [-0.4, -0.2) is 42.8 Å². The smallest absolute Gasteiger partial charge is 0.462 e. The lowest BCUT2D eigenvalue weighted by atomic mass is 10.0. The van der Waals surface area contributed by atoms with E-state index in [1.165, 1.54) is 141 Å². The van der Waals surface area contributed by atoms with Crippen molar-refractivity contribution in [3.8, 4) is 0 Å². The Bertz CT molecular complexity index is 968. The van der Waals surface area contributed by atoms with Gasteiger partial charge in [-0.25, -0.2) is 4.57 Å². The topological polar surface area (TPSA) is 108 Å². The van der Waals surface area contributed by atoms with E-state index in [0.717, 1.165) is 57.8 Å². The van der Waals surface area contributed by atoms with Crippen molar-refractivity contribution < 1.29 is 37.6 Å². The van der Waals surface area contributed by atoms with E-state index >= 15 is 0 Å². The molecule has 8 nitrogen and oxygen atoms in total. The second-order valence-electron chi connectivity index (χ2n) is 15.8. The SMILES string of the molecule is CCCCC/C=C\C/C=C\CCCCCCCC(=O)OC(COC(=O)CCCCCCCCCCCCCCCCCCCCCCC)COP(=O)(O)OCC. The molecule has 1 N–H and O–H groups in total. The fourth-order valence-corrected chi connectivity index (χ4v) is 7.53. The molecule has 0 amide bonds. The Morgan fingerprint density at radius 2 is 0.857 bits per heavy atom. The van der Waals surface area contributed by atoms with Gasteiger partial charge in [0.15, 0.2) is 6.10 Å². The number of carbonyl (C=O) groups excluding carboxylic acids is 2. The van der Waals surface area contributed by atoms with Crippen LogP contribution in [0.5, 0.6) is 0 Å². The van der Waals surface area contributed by atoms with Crippen molar-refractivity contribution in [2.75, 3.05) is 19.8 Å². The number of carbonyl (C=O) groups is 2. The predicted molar refractivity (Wildman–Crippen MR) is 235 cm³/mol. The van der Waals surface area contributed by atoms with Gasteiger partial charge in [0.05, 0.1) is 13.2 Å². The monoisotopic (exact) mass is 813 g/mol. The zero-order valence-electron chi connectivity index (χ0n) is 36.8. The zero-order valence-corrected chi connectivity index (χ0v) is 37.7. The first kappa shape index (κ1) is 54.5. The number of esters is 2. The first-order valence-electron chi connectivity index (χ1n) is 23.6. The quantitative estimate of drug-likeness (QED) is 0.0280. The van der Waals surface area contributed by atoms with Crippen LogP contribution >= 0.6 is 7.82 Å². The van der Waals surface area contributed by atoms with Gasteiger partial charge in [0, 0.05) is 12.8 Å². The average Bonchev–Trinajstić information content (AvgIpc) is 3.18. The first-order chi connectivity index (χ1) is 27.3. The Morgan fingerprint density at radius 1 is 0.482 bits per heavy atom. The molecule has 0 aliphatic heterocycles. The van der Waals surface area contributed by atoms with Crippen molar-refractivity contribution in [1.29, 1.82) is 0 Å². The molecule has 0 aliphatic carbocycles. The van der Waals surface area contributed by atoms with Gasteiger partial charge in [-0.15, -0.1) is 0 Å². The van der Waals surface area contributed by atoms with E-state index < -0.39 is 26.5 Å². The molecular formula is C47H89O8P. The van der Waals surface area contributed by atoms with E-state index in [9.17, 15) is 19.0 Å². The van der Waals surface area contributed by atoms with Gasteiger partial charge in [0.25, 0.3) is 0 Å². The summed E-state index contributed by atoms with van der Waals surface area (Å²) < 4.78 is 32.7. The molecule has 0 saturated heterocycles. The van der Waals surface area contributed by atoms with Gasteiger partial charge >= 0.3 is 19.8 Å².